The van der Waals surface area contributed by atoms with E-state index in [0.29, 0.717) is 18.5 Å². The van der Waals surface area contributed by atoms with Gasteiger partial charge < -0.3 is 15.0 Å². The summed E-state index contributed by atoms with van der Waals surface area (Å²) in [5.74, 6) is 5.88. The fraction of sp³-hybridized carbons (Fsp3) is 0.484. The second kappa shape index (κ2) is 13.2. The highest BCUT2D eigenvalue weighted by Crippen LogP contribution is 2.50. The standard InChI is InChI=1S/C31H34F3N3O4S/c1-36-29(38)41-28-12-7-11-27(28)30(22-35,24-9-3-2-4-10-24)25-17-20-37(21-18-25)19-6-5-8-23-13-15-26(16-14-23)42(39,40)31(32,33)34/h2-4,9-10,13-16,25,27-28H,6-7,11-12,17-21H2,1H3,(H,36,38)/t27-,28-,30?/m0/s1. The maximum Gasteiger partial charge on any atom is 0.501 e. The average molecular weight is 602 g/mol. The number of amides is 1. The van der Waals surface area contributed by atoms with E-state index in [0.717, 1.165) is 62.9 Å². The highest BCUT2D eigenvalue weighted by molar-refractivity contribution is 7.92. The molecule has 2 aliphatic rings. The van der Waals surface area contributed by atoms with Crippen LogP contribution in [-0.2, 0) is 20.0 Å². The molecule has 2 fully saturated rings. The van der Waals surface area contributed by atoms with E-state index in [1.807, 2.05) is 30.3 Å². The Hall–Kier alpha value is -3.54. The minimum atomic E-state index is -5.38. The first-order valence-corrected chi connectivity index (χ1v) is 15.5. The lowest BCUT2D eigenvalue weighted by atomic mass is 9.59. The highest BCUT2D eigenvalue weighted by atomic mass is 32.2. The minimum absolute atomic E-state index is 0.0811. The quantitative estimate of drug-likeness (QED) is 0.426. The molecular formula is C31H34F3N3O4S. The predicted molar refractivity (Wildman–Crippen MR) is 151 cm³/mol. The number of hydrogen-bond acceptors (Lipinski definition) is 6. The number of piperidine rings is 1. The van der Waals surface area contributed by atoms with Crippen molar-refractivity contribution in [2.24, 2.45) is 11.8 Å². The fourth-order valence-electron chi connectivity index (χ4n) is 6.33. The summed E-state index contributed by atoms with van der Waals surface area (Å²) >= 11 is 0. The van der Waals surface area contributed by atoms with E-state index < -0.39 is 31.7 Å². The Labute approximate surface area is 245 Å². The van der Waals surface area contributed by atoms with Gasteiger partial charge in [0.05, 0.1) is 16.4 Å². The Kier molecular flexibility index (Phi) is 9.85. The first-order valence-electron chi connectivity index (χ1n) is 14.0. The molecule has 1 aliphatic carbocycles. The van der Waals surface area contributed by atoms with Crippen molar-refractivity contribution in [1.29, 1.82) is 5.26 Å². The van der Waals surface area contributed by atoms with Gasteiger partial charge in [0.25, 0.3) is 9.84 Å². The number of benzene rings is 2. The van der Waals surface area contributed by atoms with Gasteiger partial charge in [-0.25, -0.2) is 13.2 Å². The molecule has 1 saturated carbocycles. The Morgan fingerprint density at radius 1 is 1.05 bits per heavy atom. The molecule has 1 unspecified atom stereocenters. The molecule has 224 valence electrons. The first kappa shape index (κ1) is 31.4. The molecule has 3 atom stereocenters. The highest BCUT2D eigenvalue weighted by Gasteiger charge is 2.53. The van der Waals surface area contributed by atoms with Crippen LogP contribution in [0, 0.1) is 35.0 Å². The summed E-state index contributed by atoms with van der Waals surface area (Å²) in [6.07, 6.45) is 3.74. The van der Waals surface area contributed by atoms with E-state index in [2.05, 4.69) is 28.1 Å². The smallest absolute Gasteiger partial charge is 0.446 e. The van der Waals surface area contributed by atoms with E-state index in [1.165, 1.54) is 19.2 Å². The SMILES string of the molecule is CNC(=O)O[C@H]1CCC[C@@H]1C(C#N)(c1ccccc1)C1CCN(CCC#Cc2ccc(S(=O)(=O)C(F)(F)F)cc2)CC1. The number of carbonyl (C=O) groups is 1. The molecule has 1 amide bonds. The Morgan fingerprint density at radius 3 is 2.31 bits per heavy atom. The molecule has 42 heavy (non-hydrogen) atoms. The van der Waals surface area contributed by atoms with Crippen molar-refractivity contribution in [3.63, 3.8) is 0 Å². The maximum atomic E-state index is 12.7. The minimum Gasteiger partial charge on any atom is -0.446 e. The van der Waals surface area contributed by atoms with Gasteiger partial charge in [0.2, 0.25) is 0 Å². The van der Waals surface area contributed by atoms with E-state index >= 15 is 0 Å². The Balaban J connectivity index is 1.40. The maximum absolute atomic E-state index is 12.7. The van der Waals surface area contributed by atoms with Crippen molar-refractivity contribution in [2.75, 3.05) is 26.7 Å². The first-order chi connectivity index (χ1) is 20.0. The number of alkyl carbamates (subject to hydrolysis) is 1. The number of rotatable bonds is 7. The van der Waals surface area contributed by atoms with Crippen LogP contribution in [0.25, 0.3) is 0 Å². The molecule has 1 heterocycles. The average Bonchev–Trinajstić information content (AvgIpc) is 3.45. The van der Waals surface area contributed by atoms with E-state index in [1.54, 1.807) is 0 Å². The number of nitrogens with one attached hydrogen (secondary N) is 1. The number of hydrogen-bond donors (Lipinski definition) is 1. The van der Waals surface area contributed by atoms with Crippen LogP contribution in [0.2, 0.25) is 0 Å². The lowest BCUT2D eigenvalue weighted by Gasteiger charge is -2.45. The second-order valence-corrected chi connectivity index (χ2v) is 12.7. The van der Waals surface area contributed by atoms with Gasteiger partial charge in [-0.1, -0.05) is 42.2 Å². The van der Waals surface area contributed by atoms with Crippen molar-refractivity contribution in [2.45, 2.75) is 60.4 Å². The summed E-state index contributed by atoms with van der Waals surface area (Å²) in [5, 5.41) is 13.3. The summed E-state index contributed by atoms with van der Waals surface area (Å²) in [5.41, 5.74) is -4.74. The molecule has 1 saturated heterocycles. The van der Waals surface area contributed by atoms with Gasteiger partial charge in [-0.2, -0.15) is 18.4 Å². The van der Waals surface area contributed by atoms with Gasteiger partial charge in [-0.05, 0) is 80.9 Å². The zero-order chi connectivity index (χ0) is 30.4. The van der Waals surface area contributed by atoms with Gasteiger partial charge >= 0.3 is 11.6 Å². The van der Waals surface area contributed by atoms with E-state index in [-0.39, 0.29) is 17.9 Å². The number of nitrogens with zero attached hydrogens (tertiary/aromatic N) is 2. The number of likely N-dealkylation sites (tertiary alicyclic amines) is 1. The lowest BCUT2D eigenvalue weighted by molar-refractivity contribution is -0.0436. The molecule has 1 N–H and O–H groups in total. The molecule has 0 aromatic heterocycles. The fourth-order valence-corrected chi connectivity index (χ4v) is 7.09. The molecule has 7 nitrogen and oxygen atoms in total. The third-order valence-corrected chi connectivity index (χ3v) is 9.93. The van der Waals surface area contributed by atoms with E-state index in [4.69, 9.17) is 4.74 Å². The molecule has 0 radical (unpaired) electrons. The molecule has 1 aliphatic heterocycles. The number of carbonyl (C=O) groups excluding carboxylic acids is 1. The zero-order valence-electron chi connectivity index (χ0n) is 23.4. The normalized spacial score (nSPS) is 21.4. The van der Waals surface area contributed by atoms with Gasteiger partial charge in [0, 0.05) is 31.5 Å². The van der Waals surface area contributed by atoms with Crippen LogP contribution in [0.5, 0.6) is 0 Å². The van der Waals surface area contributed by atoms with Gasteiger partial charge in [-0.15, -0.1) is 0 Å². The molecule has 4 rings (SSSR count). The summed E-state index contributed by atoms with van der Waals surface area (Å²) < 4.78 is 67.0. The van der Waals surface area contributed by atoms with Crippen LogP contribution in [0.1, 0.15) is 49.7 Å². The van der Waals surface area contributed by atoms with Crippen molar-refractivity contribution < 1.29 is 31.1 Å². The second-order valence-electron chi connectivity index (χ2n) is 10.7. The summed E-state index contributed by atoms with van der Waals surface area (Å²) in [6, 6.07) is 16.9. The van der Waals surface area contributed by atoms with Gasteiger partial charge in [-0.3, -0.25) is 0 Å². The monoisotopic (exact) mass is 601 g/mol. The van der Waals surface area contributed by atoms with Crippen LogP contribution in [0.3, 0.4) is 0 Å². The summed E-state index contributed by atoms with van der Waals surface area (Å²) in [7, 11) is -3.85. The topological polar surface area (TPSA) is 99.5 Å². The lowest BCUT2D eigenvalue weighted by Crippen LogP contribution is -2.50. The number of halogens is 3. The largest absolute Gasteiger partial charge is 0.501 e. The van der Waals surface area contributed by atoms with E-state index in [9.17, 15) is 31.6 Å². The number of ether oxygens (including phenoxy) is 1. The molecule has 11 heteroatoms. The molecule has 0 bridgehead atoms. The number of nitriles is 1. The third kappa shape index (κ3) is 6.58. The third-order valence-electron chi connectivity index (χ3n) is 8.42. The predicted octanol–water partition coefficient (Wildman–Crippen LogP) is 5.42. The molecule has 2 aromatic carbocycles. The Bertz CT molecular complexity index is 1440. The van der Waals surface area contributed by atoms with Crippen LogP contribution in [0.4, 0.5) is 18.0 Å². The van der Waals surface area contributed by atoms with Crippen LogP contribution in [0.15, 0.2) is 59.5 Å². The molecule has 2 aromatic rings. The van der Waals surface area contributed by atoms with Crippen LogP contribution in [-0.4, -0.2) is 57.7 Å². The number of sulfone groups is 1. The van der Waals surface area contributed by atoms with Gasteiger partial charge in [0.1, 0.15) is 6.10 Å². The molecular weight excluding hydrogens is 567 g/mol. The van der Waals surface area contributed by atoms with Gasteiger partial charge in [0.15, 0.2) is 0 Å². The van der Waals surface area contributed by atoms with Crippen molar-refractivity contribution in [3.8, 4) is 17.9 Å². The summed E-state index contributed by atoms with van der Waals surface area (Å²) in [6.45, 7) is 2.25. The van der Waals surface area contributed by atoms with Crippen LogP contribution < -0.4 is 5.32 Å². The number of alkyl halides is 3. The Morgan fingerprint density at radius 2 is 1.71 bits per heavy atom. The van der Waals surface area contributed by atoms with Crippen molar-refractivity contribution >= 4 is 15.9 Å². The molecule has 0 spiro atoms. The zero-order valence-corrected chi connectivity index (χ0v) is 24.2. The van der Waals surface area contributed by atoms with Crippen molar-refractivity contribution in [3.05, 3.63) is 65.7 Å². The van der Waals surface area contributed by atoms with Crippen LogP contribution >= 0.6 is 0 Å². The van der Waals surface area contributed by atoms with Crippen molar-refractivity contribution in [1.82, 2.24) is 10.2 Å². The summed E-state index contributed by atoms with van der Waals surface area (Å²) in [4.78, 5) is 13.6.